The van der Waals surface area contributed by atoms with Gasteiger partial charge >= 0.3 is 0 Å². The fourth-order valence-electron chi connectivity index (χ4n) is 1.73. The summed E-state index contributed by atoms with van der Waals surface area (Å²) in [6, 6.07) is 7.30. The molecule has 0 radical (unpaired) electrons. The van der Waals surface area contributed by atoms with Crippen LogP contribution in [0, 0.1) is 5.82 Å². The molecule has 0 fully saturated rings. The minimum Gasteiger partial charge on any atom is -0.481 e. The second kappa shape index (κ2) is 10.3. The van der Waals surface area contributed by atoms with Gasteiger partial charge in [-0.3, -0.25) is 9.63 Å². The van der Waals surface area contributed by atoms with E-state index < -0.39 is 17.8 Å². The van der Waals surface area contributed by atoms with E-state index in [4.69, 9.17) is 49.1 Å². The first kappa shape index (κ1) is 21.2. The van der Waals surface area contributed by atoms with E-state index in [1.807, 2.05) is 0 Å². The third kappa shape index (κ3) is 7.22. The standard InChI is InChI=1S/C17H14Cl3FN2O4/c1-10(16(24)23-25-7-6-15(19)20)26-12-2-4-13(5-3-12)27-17-14(21)8-11(18)9-22-17/h2-6,8-10H,7H2,1H3,(H,23,24)/t10-/m1/s1. The van der Waals surface area contributed by atoms with Crippen molar-refractivity contribution < 1.29 is 23.5 Å². The van der Waals surface area contributed by atoms with E-state index in [2.05, 4.69) is 10.5 Å². The van der Waals surface area contributed by atoms with E-state index in [0.717, 1.165) is 6.07 Å². The first-order valence-electron chi connectivity index (χ1n) is 7.53. The second-order valence-corrected chi connectivity index (χ2v) is 6.49. The average molecular weight is 436 g/mol. The van der Waals surface area contributed by atoms with E-state index in [1.165, 1.54) is 12.3 Å². The number of ether oxygens (including phenoxy) is 2. The van der Waals surface area contributed by atoms with Crippen LogP contribution in [0.5, 0.6) is 17.4 Å². The highest BCUT2D eigenvalue weighted by molar-refractivity contribution is 6.55. The third-order valence-corrected chi connectivity index (χ3v) is 3.50. The van der Waals surface area contributed by atoms with E-state index in [0.29, 0.717) is 11.5 Å². The van der Waals surface area contributed by atoms with Gasteiger partial charge in [0, 0.05) is 6.20 Å². The molecule has 1 aromatic carbocycles. The Balaban J connectivity index is 1.87. The number of rotatable bonds is 8. The molecule has 0 bridgehead atoms. The lowest BCUT2D eigenvalue weighted by Gasteiger charge is -2.14. The monoisotopic (exact) mass is 434 g/mol. The van der Waals surface area contributed by atoms with Gasteiger partial charge in [-0.05, 0) is 43.3 Å². The van der Waals surface area contributed by atoms with Crippen LogP contribution in [-0.2, 0) is 9.63 Å². The van der Waals surface area contributed by atoms with Crippen molar-refractivity contribution in [3.05, 3.63) is 57.9 Å². The Morgan fingerprint density at radius 3 is 2.59 bits per heavy atom. The fourth-order valence-corrected chi connectivity index (χ4v) is 2.00. The number of benzene rings is 1. The molecule has 1 N–H and O–H groups in total. The Hall–Kier alpha value is -2.06. The number of halogens is 4. The van der Waals surface area contributed by atoms with Crippen LogP contribution < -0.4 is 15.0 Å². The van der Waals surface area contributed by atoms with Crippen molar-refractivity contribution in [2.45, 2.75) is 13.0 Å². The predicted octanol–water partition coefficient (Wildman–Crippen LogP) is 4.80. The first-order chi connectivity index (χ1) is 12.8. The number of amides is 1. The average Bonchev–Trinajstić information content (AvgIpc) is 2.62. The lowest BCUT2D eigenvalue weighted by atomic mass is 10.3. The number of carbonyl (C=O) groups excluding carboxylic acids is 1. The SMILES string of the molecule is C[C@@H](Oc1ccc(Oc2ncc(Cl)cc2F)cc1)C(=O)NOCC=C(Cl)Cl. The van der Waals surface area contributed by atoms with Crippen LogP contribution in [0.3, 0.4) is 0 Å². The van der Waals surface area contributed by atoms with Gasteiger partial charge in [-0.25, -0.2) is 14.9 Å². The highest BCUT2D eigenvalue weighted by Crippen LogP contribution is 2.26. The highest BCUT2D eigenvalue weighted by atomic mass is 35.5. The molecule has 1 amide bonds. The molecule has 0 aliphatic heterocycles. The van der Waals surface area contributed by atoms with Crippen molar-refractivity contribution in [1.29, 1.82) is 0 Å². The van der Waals surface area contributed by atoms with Crippen molar-refractivity contribution in [3.63, 3.8) is 0 Å². The molecular weight excluding hydrogens is 422 g/mol. The van der Waals surface area contributed by atoms with E-state index in [1.54, 1.807) is 31.2 Å². The van der Waals surface area contributed by atoms with Gasteiger partial charge in [0.1, 0.15) is 16.0 Å². The first-order valence-corrected chi connectivity index (χ1v) is 8.67. The van der Waals surface area contributed by atoms with Gasteiger partial charge in [0.05, 0.1) is 11.6 Å². The number of aromatic nitrogens is 1. The molecule has 0 saturated carbocycles. The molecule has 1 aromatic heterocycles. The normalized spacial score (nSPS) is 11.4. The number of hydroxylamine groups is 1. The van der Waals surface area contributed by atoms with Crippen molar-refractivity contribution >= 4 is 40.7 Å². The molecule has 144 valence electrons. The molecule has 6 nitrogen and oxygen atoms in total. The number of carbonyl (C=O) groups is 1. The summed E-state index contributed by atoms with van der Waals surface area (Å²) in [5, 5.41) is 0.168. The van der Waals surface area contributed by atoms with Gasteiger partial charge in [-0.1, -0.05) is 34.8 Å². The van der Waals surface area contributed by atoms with E-state index in [9.17, 15) is 9.18 Å². The quantitative estimate of drug-likeness (QED) is 0.476. The lowest BCUT2D eigenvalue weighted by Crippen LogP contribution is -2.36. The maximum atomic E-state index is 13.7. The molecule has 2 rings (SSSR count). The molecule has 1 heterocycles. The van der Waals surface area contributed by atoms with Crippen LogP contribution in [0.1, 0.15) is 6.92 Å². The van der Waals surface area contributed by atoms with E-state index >= 15 is 0 Å². The molecule has 0 aliphatic carbocycles. The number of hydrogen-bond acceptors (Lipinski definition) is 5. The molecule has 1 atom stereocenters. The van der Waals surface area contributed by atoms with Gasteiger partial charge in [0.15, 0.2) is 11.9 Å². The Morgan fingerprint density at radius 1 is 1.30 bits per heavy atom. The molecule has 0 saturated heterocycles. The molecule has 0 spiro atoms. The maximum absolute atomic E-state index is 13.7. The van der Waals surface area contributed by atoms with Crippen LogP contribution in [-0.4, -0.2) is 23.6 Å². The minimum atomic E-state index is -0.831. The number of nitrogens with one attached hydrogen (secondary N) is 1. The summed E-state index contributed by atoms with van der Waals surface area (Å²) in [4.78, 5) is 20.5. The summed E-state index contributed by atoms with van der Waals surface area (Å²) in [6.07, 6.45) is 1.81. The number of hydrogen-bond donors (Lipinski definition) is 1. The smallest absolute Gasteiger partial charge is 0.284 e. The Kier molecular flexibility index (Phi) is 8.12. The largest absolute Gasteiger partial charge is 0.481 e. The molecular formula is C17H14Cl3FN2O4. The molecule has 27 heavy (non-hydrogen) atoms. The lowest BCUT2D eigenvalue weighted by molar-refractivity contribution is -0.139. The van der Waals surface area contributed by atoms with Crippen LogP contribution in [0.25, 0.3) is 0 Å². The van der Waals surface area contributed by atoms with Crippen LogP contribution >= 0.6 is 34.8 Å². The van der Waals surface area contributed by atoms with Gasteiger partial charge < -0.3 is 9.47 Å². The zero-order valence-electron chi connectivity index (χ0n) is 13.9. The molecule has 0 unspecified atom stereocenters. The van der Waals surface area contributed by atoms with Crippen molar-refractivity contribution in [3.8, 4) is 17.4 Å². The molecule has 2 aromatic rings. The topological polar surface area (TPSA) is 69.7 Å². The molecule has 0 aliphatic rings. The summed E-state index contributed by atoms with van der Waals surface area (Å²) < 4.78 is 24.5. The highest BCUT2D eigenvalue weighted by Gasteiger charge is 2.15. The summed E-state index contributed by atoms with van der Waals surface area (Å²) in [7, 11) is 0. The van der Waals surface area contributed by atoms with E-state index in [-0.39, 0.29) is 22.0 Å². The van der Waals surface area contributed by atoms with Crippen molar-refractivity contribution in [2.24, 2.45) is 0 Å². The second-order valence-electron chi connectivity index (χ2n) is 5.05. The maximum Gasteiger partial charge on any atom is 0.284 e. The van der Waals surface area contributed by atoms with Crippen molar-refractivity contribution in [2.75, 3.05) is 6.61 Å². The van der Waals surface area contributed by atoms with Crippen LogP contribution in [0.2, 0.25) is 5.02 Å². The molecule has 10 heteroatoms. The Morgan fingerprint density at radius 2 is 1.96 bits per heavy atom. The van der Waals surface area contributed by atoms with Gasteiger partial charge in [-0.2, -0.15) is 0 Å². The number of pyridine rings is 1. The van der Waals surface area contributed by atoms with Crippen LogP contribution in [0.15, 0.2) is 47.1 Å². The third-order valence-electron chi connectivity index (χ3n) is 2.99. The fraction of sp³-hybridized carbons (Fsp3) is 0.176. The van der Waals surface area contributed by atoms with Gasteiger partial charge in [0.25, 0.3) is 11.8 Å². The summed E-state index contributed by atoms with van der Waals surface area (Å²) in [5.41, 5.74) is 2.20. The minimum absolute atomic E-state index is 0.0160. The predicted molar refractivity (Wildman–Crippen MR) is 99.7 cm³/mol. The summed E-state index contributed by atoms with van der Waals surface area (Å²) in [5.74, 6) is -0.649. The van der Waals surface area contributed by atoms with Gasteiger partial charge in [0.2, 0.25) is 0 Å². The zero-order chi connectivity index (χ0) is 19.8. The van der Waals surface area contributed by atoms with Crippen LogP contribution in [0.4, 0.5) is 4.39 Å². The zero-order valence-corrected chi connectivity index (χ0v) is 16.2. The summed E-state index contributed by atoms with van der Waals surface area (Å²) in [6.45, 7) is 1.56. The Labute approximate surface area is 169 Å². The van der Waals surface area contributed by atoms with Gasteiger partial charge in [-0.15, -0.1) is 0 Å². The summed E-state index contributed by atoms with van der Waals surface area (Å²) >= 11 is 16.5. The Bertz CT molecular complexity index is 814. The van der Waals surface area contributed by atoms with Crippen molar-refractivity contribution in [1.82, 2.24) is 10.5 Å². The number of nitrogens with zero attached hydrogens (tertiary/aromatic N) is 1.